The van der Waals surface area contributed by atoms with Gasteiger partial charge in [-0.3, -0.25) is 9.79 Å². The van der Waals surface area contributed by atoms with E-state index in [0.29, 0.717) is 19.0 Å². The molecule has 1 rings (SSSR count). The smallest absolute Gasteiger partial charge is 0.222 e. The molecule has 6 heteroatoms. The van der Waals surface area contributed by atoms with Crippen LogP contribution in [0.15, 0.2) is 4.99 Å². The normalized spacial score (nSPS) is 17.1. The van der Waals surface area contributed by atoms with Gasteiger partial charge in [0.2, 0.25) is 5.91 Å². The highest BCUT2D eigenvalue weighted by Gasteiger charge is 2.11. The molecule has 0 unspecified atom stereocenters. The second-order valence-electron chi connectivity index (χ2n) is 4.64. The molecule has 1 heterocycles. The first-order valence-electron chi connectivity index (χ1n) is 6.51. The van der Waals surface area contributed by atoms with E-state index in [0.717, 1.165) is 31.0 Å². The number of amides is 1. The summed E-state index contributed by atoms with van der Waals surface area (Å²) < 4.78 is 0. The highest BCUT2D eigenvalue weighted by molar-refractivity contribution is 7.99. The van der Waals surface area contributed by atoms with Crippen LogP contribution in [-0.4, -0.2) is 54.5 Å². The van der Waals surface area contributed by atoms with Crippen LogP contribution >= 0.6 is 11.8 Å². The summed E-state index contributed by atoms with van der Waals surface area (Å²) in [6.45, 7) is 7.10. The molecule has 0 aromatic carbocycles. The van der Waals surface area contributed by atoms with Gasteiger partial charge in [0.15, 0.2) is 5.96 Å². The van der Waals surface area contributed by atoms with E-state index in [1.165, 1.54) is 0 Å². The molecule has 0 aromatic heterocycles. The van der Waals surface area contributed by atoms with Crippen LogP contribution in [0.1, 0.15) is 20.3 Å². The molecule has 0 aliphatic carbocycles. The minimum absolute atomic E-state index is 0.0458. The molecule has 0 atom stereocenters. The Labute approximate surface area is 114 Å². The summed E-state index contributed by atoms with van der Waals surface area (Å²) in [5.41, 5.74) is 5.92. The van der Waals surface area contributed by atoms with Crippen molar-refractivity contribution in [2.24, 2.45) is 16.6 Å². The molecule has 3 N–H and O–H groups in total. The van der Waals surface area contributed by atoms with Gasteiger partial charge in [0.25, 0.3) is 0 Å². The predicted octanol–water partition coefficient (Wildman–Crippen LogP) is 0.512. The maximum absolute atomic E-state index is 11.3. The van der Waals surface area contributed by atoms with E-state index in [1.807, 2.05) is 25.6 Å². The van der Waals surface area contributed by atoms with Crippen LogP contribution in [0.2, 0.25) is 0 Å². The van der Waals surface area contributed by atoms with Gasteiger partial charge in [-0.05, 0) is 6.42 Å². The summed E-state index contributed by atoms with van der Waals surface area (Å²) in [5, 5.41) is 2.87. The van der Waals surface area contributed by atoms with E-state index in [2.05, 4.69) is 15.2 Å². The molecule has 18 heavy (non-hydrogen) atoms. The number of thioether (sulfide) groups is 1. The van der Waals surface area contributed by atoms with Crippen molar-refractivity contribution in [2.45, 2.75) is 20.3 Å². The maximum Gasteiger partial charge on any atom is 0.222 e. The molecule has 5 nitrogen and oxygen atoms in total. The lowest BCUT2D eigenvalue weighted by atomic mass is 10.2. The molecular weight excluding hydrogens is 248 g/mol. The lowest BCUT2D eigenvalue weighted by Crippen LogP contribution is -2.42. The Bertz CT molecular complexity index is 288. The Morgan fingerprint density at radius 2 is 2.11 bits per heavy atom. The Kier molecular flexibility index (Phi) is 6.93. The van der Waals surface area contributed by atoms with E-state index in [4.69, 9.17) is 5.73 Å². The molecule has 0 radical (unpaired) electrons. The Balaban J connectivity index is 2.13. The van der Waals surface area contributed by atoms with Gasteiger partial charge in [-0.1, -0.05) is 13.8 Å². The number of nitrogens with one attached hydrogen (secondary N) is 1. The maximum atomic E-state index is 11.3. The van der Waals surface area contributed by atoms with Gasteiger partial charge in [-0.25, -0.2) is 0 Å². The number of nitrogens with two attached hydrogens (primary N) is 1. The number of guanidine groups is 1. The zero-order valence-corrected chi connectivity index (χ0v) is 12.1. The molecule has 104 valence electrons. The third-order valence-corrected chi connectivity index (χ3v) is 3.71. The summed E-state index contributed by atoms with van der Waals surface area (Å²) in [4.78, 5) is 17.8. The van der Waals surface area contributed by atoms with Crippen molar-refractivity contribution in [3.63, 3.8) is 0 Å². The van der Waals surface area contributed by atoms with Crippen molar-refractivity contribution in [3.8, 4) is 0 Å². The monoisotopic (exact) mass is 272 g/mol. The van der Waals surface area contributed by atoms with Crippen molar-refractivity contribution in [1.82, 2.24) is 10.2 Å². The summed E-state index contributed by atoms with van der Waals surface area (Å²) in [6, 6.07) is 0. The fourth-order valence-corrected chi connectivity index (χ4v) is 2.48. The van der Waals surface area contributed by atoms with Crippen molar-refractivity contribution < 1.29 is 4.79 Å². The van der Waals surface area contributed by atoms with Crippen LogP contribution in [0.4, 0.5) is 0 Å². The third-order valence-electron chi connectivity index (χ3n) is 2.77. The second-order valence-corrected chi connectivity index (χ2v) is 5.86. The second kappa shape index (κ2) is 8.24. The highest BCUT2D eigenvalue weighted by Crippen LogP contribution is 2.08. The Hall–Kier alpha value is -0.910. The Morgan fingerprint density at radius 3 is 2.72 bits per heavy atom. The van der Waals surface area contributed by atoms with E-state index < -0.39 is 0 Å². The topological polar surface area (TPSA) is 70.7 Å². The third kappa shape index (κ3) is 5.62. The lowest BCUT2D eigenvalue weighted by Gasteiger charge is -2.27. The average molecular weight is 272 g/mol. The quantitative estimate of drug-likeness (QED) is 0.435. The van der Waals surface area contributed by atoms with Crippen LogP contribution in [0, 0.1) is 5.92 Å². The molecule has 0 spiro atoms. The van der Waals surface area contributed by atoms with Gasteiger partial charge in [0, 0.05) is 43.6 Å². The van der Waals surface area contributed by atoms with Gasteiger partial charge in [0.1, 0.15) is 0 Å². The van der Waals surface area contributed by atoms with Crippen LogP contribution in [-0.2, 0) is 4.79 Å². The van der Waals surface area contributed by atoms with Crippen LogP contribution in [0.3, 0.4) is 0 Å². The molecule has 0 saturated carbocycles. The number of carbonyl (C=O) groups is 1. The highest BCUT2D eigenvalue weighted by atomic mass is 32.2. The van der Waals surface area contributed by atoms with Crippen molar-refractivity contribution in [2.75, 3.05) is 37.7 Å². The predicted molar refractivity (Wildman–Crippen MR) is 77.9 cm³/mol. The van der Waals surface area contributed by atoms with Crippen LogP contribution in [0.25, 0.3) is 0 Å². The standard InChI is InChI=1S/C12H24N4OS/c1-10(2)11(17)14-4-3-5-15-12(13)16-6-8-18-9-7-16/h10H,3-9H2,1-2H3,(H2,13,15)(H,14,17). The summed E-state index contributed by atoms with van der Waals surface area (Å²) in [6.07, 6.45) is 0.835. The van der Waals surface area contributed by atoms with Gasteiger partial charge in [-0.2, -0.15) is 11.8 Å². The van der Waals surface area contributed by atoms with Gasteiger partial charge >= 0.3 is 0 Å². The van der Waals surface area contributed by atoms with E-state index in [1.54, 1.807) is 0 Å². The fraction of sp³-hybridized carbons (Fsp3) is 0.833. The number of aliphatic imine (C=N–C) groups is 1. The molecule has 1 aliphatic heterocycles. The van der Waals surface area contributed by atoms with Gasteiger partial charge in [0.05, 0.1) is 0 Å². The Morgan fingerprint density at radius 1 is 1.44 bits per heavy atom. The zero-order valence-electron chi connectivity index (χ0n) is 11.3. The first-order chi connectivity index (χ1) is 8.61. The van der Waals surface area contributed by atoms with Crippen LogP contribution in [0.5, 0.6) is 0 Å². The van der Waals surface area contributed by atoms with Crippen molar-refractivity contribution >= 4 is 23.6 Å². The molecule has 1 fully saturated rings. The fourth-order valence-electron chi connectivity index (χ4n) is 1.58. The molecule has 1 aliphatic rings. The summed E-state index contributed by atoms with van der Waals surface area (Å²) in [5.74, 6) is 3.04. The largest absolute Gasteiger partial charge is 0.370 e. The number of hydrogen-bond donors (Lipinski definition) is 2. The number of nitrogens with zero attached hydrogens (tertiary/aromatic N) is 2. The molecule has 0 bridgehead atoms. The van der Waals surface area contributed by atoms with E-state index >= 15 is 0 Å². The average Bonchev–Trinajstić information content (AvgIpc) is 2.38. The minimum Gasteiger partial charge on any atom is -0.370 e. The first kappa shape index (κ1) is 15.1. The molecule has 1 amide bonds. The van der Waals surface area contributed by atoms with E-state index in [-0.39, 0.29) is 11.8 Å². The molecule has 0 aromatic rings. The molecule has 1 saturated heterocycles. The van der Waals surface area contributed by atoms with Crippen molar-refractivity contribution in [3.05, 3.63) is 0 Å². The van der Waals surface area contributed by atoms with Crippen molar-refractivity contribution in [1.29, 1.82) is 0 Å². The number of rotatable bonds is 5. The minimum atomic E-state index is 0.0458. The van der Waals surface area contributed by atoms with Crippen LogP contribution < -0.4 is 11.1 Å². The van der Waals surface area contributed by atoms with Gasteiger partial charge < -0.3 is 16.0 Å². The molecular formula is C12H24N4OS. The zero-order chi connectivity index (χ0) is 13.4. The summed E-state index contributed by atoms with van der Waals surface area (Å²) >= 11 is 1.95. The first-order valence-corrected chi connectivity index (χ1v) is 7.67. The number of hydrogen-bond acceptors (Lipinski definition) is 3. The number of carbonyl (C=O) groups excluding carboxylic acids is 1. The summed E-state index contributed by atoms with van der Waals surface area (Å²) in [7, 11) is 0. The van der Waals surface area contributed by atoms with Gasteiger partial charge in [-0.15, -0.1) is 0 Å². The van der Waals surface area contributed by atoms with E-state index in [9.17, 15) is 4.79 Å². The SMILES string of the molecule is CC(C)C(=O)NCCCN=C(N)N1CCSCC1. The lowest BCUT2D eigenvalue weighted by molar-refractivity contribution is -0.123.